The first-order valence-corrected chi connectivity index (χ1v) is 6.20. The van der Waals surface area contributed by atoms with Gasteiger partial charge >= 0.3 is 5.97 Å². The number of carboxylic acid groups (broad SMARTS) is 1. The molecule has 1 N–H and O–H groups in total. The molecule has 1 aliphatic heterocycles. The Balaban J connectivity index is 1.85. The molecule has 0 atom stereocenters. The molecule has 0 radical (unpaired) electrons. The Labute approximate surface area is 106 Å². The number of aliphatic carboxylic acids is 1. The summed E-state index contributed by atoms with van der Waals surface area (Å²) in [6.07, 6.45) is 2.46. The molecule has 6 heteroatoms. The molecule has 0 amide bonds. The second kappa shape index (κ2) is 5.97. The lowest BCUT2D eigenvalue weighted by molar-refractivity contribution is -0.138. The van der Waals surface area contributed by atoms with Crippen molar-refractivity contribution in [3.8, 4) is 0 Å². The van der Waals surface area contributed by atoms with Crippen molar-refractivity contribution in [2.75, 3.05) is 32.7 Å². The van der Waals surface area contributed by atoms with E-state index in [4.69, 9.17) is 9.52 Å². The van der Waals surface area contributed by atoms with Crippen molar-refractivity contribution < 1.29 is 14.3 Å². The van der Waals surface area contributed by atoms with Gasteiger partial charge in [-0.1, -0.05) is 0 Å². The summed E-state index contributed by atoms with van der Waals surface area (Å²) < 4.78 is 5.19. The fourth-order valence-electron chi connectivity index (χ4n) is 2.22. The highest BCUT2D eigenvalue weighted by Crippen LogP contribution is 2.11. The summed E-state index contributed by atoms with van der Waals surface area (Å²) in [5.74, 6) is 0.109. The molecule has 2 heterocycles. The number of rotatable bonds is 4. The Morgan fingerprint density at radius 2 is 2.11 bits per heavy atom. The number of oxazole rings is 1. The molecule has 0 aromatic carbocycles. The second-order valence-corrected chi connectivity index (χ2v) is 4.65. The Morgan fingerprint density at radius 1 is 1.39 bits per heavy atom. The van der Waals surface area contributed by atoms with Crippen LogP contribution in [0.5, 0.6) is 0 Å². The summed E-state index contributed by atoms with van der Waals surface area (Å²) in [6, 6.07) is 0. The van der Waals surface area contributed by atoms with Gasteiger partial charge in [0.25, 0.3) is 0 Å². The lowest BCUT2D eigenvalue weighted by atomic mass is 10.3. The van der Waals surface area contributed by atoms with Crippen molar-refractivity contribution in [3.05, 3.63) is 17.8 Å². The molecule has 1 aromatic rings. The van der Waals surface area contributed by atoms with Crippen molar-refractivity contribution in [1.82, 2.24) is 14.8 Å². The van der Waals surface area contributed by atoms with Crippen LogP contribution in [0.25, 0.3) is 0 Å². The van der Waals surface area contributed by atoms with E-state index in [0.29, 0.717) is 0 Å². The highest BCUT2D eigenvalue weighted by atomic mass is 16.4. The summed E-state index contributed by atoms with van der Waals surface area (Å²) in [4.78, 5) is 19.2. The Kier molecular flexibility index (Phi) is 4.33. The Hall–Kier alpha value is -1.40. The third-order valence-electron chi connectivity index (χ3n) is 3.26. The summed E-state index contributed by atoms with van der Waals surface area (Å²) >= 11 is 0. The minimum absolute atomic E-state index is 0.136. The highest BCUT2D eigenvalue weighted by Gasteiger charge is 2.18. The van der Waals surface area contributed by atoms with Gasteiger partial charge in [-0.25, -0.2) is 4.98 Å². The van der Waals surface area contributed by atoms with Crippen LogP contribution in [0.3, 0.4) is 0 Å². The highest BCUT2D eigenvalue weighted by molar-refractivity contribution is 5.69. The molecule has 0 spiro atoms. The van der Waals surface area contributed by atoms with Crippen LogP contribution < -0.4 is 0 Å². The molecule has 1 saturated heterocycles. The van der Waals surface area contributed by atoms with Gasteiger partial charge in [-0.15, -0.1) is 0 Å². The number of hydrogen-bond donors (Lipinski definition) is 1. The number of carboxylic acids is 1. The average molecular weight is 253 g/mol. The molecular formula is C12H19N3O3. The van der Waals surface area contributed by atoms with Gasteiger partial charge in [0, 0.05) is 26.2 Å². The van der Waals surface area contributed by atoms with Crippen molar-refractivity contribution in [3.63, 3.8) is 0 Å². The Bertz CT molecular complexity index is 405. The van der Waals surface area contributed by atoms with Gasteiger partial charge in [0.15, 0.2) is 6.39 Å². The number of hydrogen-bond acceptors (Lipinski definition) is 5. The second-order valence-electron chi connectivity index (χ2n) is 4.65. The van der Waals surface area contributed by atoms with Crippen LogP contribution >= 0.6 is 0 Å². The molecule has 2 rings (SSSR count). The van der Waals surface area contributed by atoms with Gasteiger partial charge < -0.3 is 9.52 Å². The first-order chi connectivity index (χ1) is 8.65. The minimum atomic E-state index is -0.754. The molecule has 18 heavy (non-hydrogen) atoms. The minimum Gasteiger partial charge on any atom is -0.480 e. The zero-order chi connectivity index (χ0) is 13.0. The molecule has 0 unspecified atom stereocenters. The van der Waals surface area contributed by atoms with E-state index in [-0.39, 0.29) is 6.54 Å². The number of aryl methyl sites for hydroxylation is 1. The molecular weight excluding hydrogens is 234 g/mol. The SMILES string of the molecule is Cc1ocnc1CN1CCCN(CC(=O)O)CC1. The molecule has 100 valence electrons. The van der Waals surface area contributed by atoms with Crippen molar-refractivity contribution >= 4 is 5.97 Å². The molecule has 0 saturated carbocycles. The summed E-state index contributed by atoms with van der Waals surface area (Å²) in [5.41, 5.74) is 0.974. The molecule has 1 fully saturated rings. The zero-order valence-corrected chi connectivity index (χ0v) is 10.6. The van der Waals surface area contributed by atoms with Gasteiger partial charge in [0.2, 0.25) is 0 Å². The van der Waals surface area contributed by atoms with E-state index in [0.717, 1.165) is 50.6 Å². The van der Waals surface area contributed by atoms with Crippen LogP contribution in [0, 0.1) is 6.92 Å². The van der Waals surface area contributed by atoms with Gasteiger partial charge in [0.05, 0.1) is 12.2 Å². The lowest BCUT2D eigenvalue weighted by Crippen LogP contribution is -2.34. The van der Waals surface area contributed by atoms with Crippen LogP contribution in [0.2, 0.25) is 0 Å². The maximum Gasteiger partial charge on any atom is 0.317 e. The maximum absolute atomic E-state index is 10.7. The largest absolute Gasteiger partial charge is 0.480 e. The van der Waals surface area contributed by atoms with E-state index >= 15 is 0 Å². The van der Waals surface area contributed by atoms with Crippen LogP contribution in [-0.4, -0.2) is 58.6 Å². The van der Waals surface area contributed by atoms with Crippen molar-refractivity contribution in [2.45, 2.75) is 19.9 Å². The molecule has 0 bridgehead atoms. The summed E-state index contributed by atoms with van der Waals surface area (Å²) in [7, 11) is 0. The number of carbonyl (C=O) groups is 1. The standard InChI is InChI=1S/C12H19N3O3/c1-10-11(13-9-18-10)7-14-3-2-4-15(6-5-14)8-12(16)17/h9H,2-8H2,1H3,(H,16,17). The molecule has 1 aliphatic rings. The van der Waals surface area contributed by atoms with E-state index in [1.807, 2.05) is 11.8 Å². The van der Waals surface area contributed by atoms with E-state index < -0.39 is 5.97 Å². The first kappa shape index (κ1) is 13.0. The smallest absolute Gasteiger partial charge is 0.317 e. The van der Waals surface area contributed by atoms with Crippen LogP contribution in [0.1, 0.15) is 17.9 Å². The topological polar surface area (TPSA) is 69.8 Å². The Morgan fingerprint density at radius 3 is 2.78 bits per heavy atom. The van der Waals surface area contributed by atoms with Crippen LogP contribution in [0.15, 0.2) is 10.8 Å². The predicted octanol–water partition coefficient (Wildman–Crippen LogP) is 0.575. The maximum atomic E-state index is 10.7. The van der Waals surface area contributed by atoms with E-state index in [9.17, 15) is 4.79 Å². The summed E-state index contributed by atoms with van der Waals surface area (Å²) in [6.45, 7) is 6.32. The van der Waals surface area contributed by atoms with Gasteiger partial charge in [-0.3, -0.25) is 14.6 Å². The first-order valence-electron chi connectivity index (χ1n) is 6.20. The fourth-order valence-corrected chi connectivity index (χ4v) is 2.22. The van der Waals surface area contributed by atoms with Gasteiger partial charge in [-0.2, -0.15) is 0 Å². The number of aromatic nitrogens is 1. The van der Waals surface area contributed by atoms with Crippen molar-refractivity contribution in [1.29, 1.82) is 0 Å². The molecule has 1 aromatic heterocycles. The normalized spacial score (nSPS) is 18.7. The number of nitrogens with zero attached hydrogens (tertiary/aromatic N) is 3. The fraction of sp³-hybridized carbons (Fsp3) is 0.667. The quantitative estimate of drug-likeness (QED) is 0.846. The molecule has 0 aliphatic carbocycles. The van der Waals surface area contributed by atoms with Crippen LogP contribution in [0.4, 0.5) is 0 Å². The van der Waals surface area contributed by atoms with Gasteiger partial charge in [0.1, 0.15) is 5.76 Å². The van der Waals surface area contributed by atoms with E-state index in [2.05, 4.69) is 9.88 Å². The predicted molar refractivity (Wildman–Crippen MR) is 65.2 cm³/mol. The lowest BCUT2D eigenvalue weighted by Gasteiger charge is -2.19. The zero-order valence-electron chi connectivity index (χ0n) is 10.6. The summed E-state index contributed by atoms with van der Waals surface area (Å²) in [5, 5.41) is 8.79. The van der Waals surface area contributed by atoms with Crippen molar-refractivity contribution in [2.24, 2.45) is 0 Å². The monoisotopic (exact) mass is 253 g/mol. The van der Waals surface area contributed by atoms with Gasteiger partial charge in [-0.05, 0) is 19.9 Å². The van der Waals surface area contributed by atoms with E-state index in [1.54, 1.807) is 0 Å². The third-order valence-corrected chi connectivity index (χ3v) is 3.26. The average Bonchev–Trinajstić information content (AvgIpc) is 2.58. The van der Waals surface area contributed by atoms with Crippen LogP contribution in [-0.2, 0) is 11.3 Å². The van der Waals surface area contributed by atoms with E-state index in [1.165, 1.54) is 6.39 Å². The molecule has 6 nitrogen and oxygen atoms in total. The third kappa shape index (κ3) is 3.54.